The third-order valence-electron chi connectivity index (χ3n) is 5.36. The predicted molar refractivity (Wildman–Crippen MR) is 98.5 cm³/mol. The molecule has 0 unspecified atom stereocenters. The number of rotatable bonds is 2. The Morgan fingerprint density at radius 2 is 1.62 bits per heavy atom. The number of hydrogen-bond donors (Lipinski definition) is 1. The van der Waals surface area contributed by atoms with Crippen molar-refractivity contribution in [2.75, 3.05) is 31.1 Å². The Morgan fingerprint density at radius 3 is 2.42 bits per heavy atom. The van der Waals surface area contributed by atoms with E-state index in [0.29, 0.717) is 6.04 Å². The minimum absolute atomic E-state index is 0.125. The van der Waals surface area contributed by atoms with E-state index >= 15 is 0 Å². The van der Waals surface area contributed by atoms with E-state index in [0.717, 1.165) is 39.0 Å². The van der Waals surface area contributed by atoms with Gasteiger partial charge in [0.05, 0.1) is 0 Å². The van der Waals surface area contributed by atoms with Crippen LogP contribution in [-0.2, 0) is 0 Å². The largest absolute Gasteiger partial charge is 0.367 e. The summed E-state index contributed by atoms with van der Waals surface area (Å²) in [5.74, 6) is 0. The molecule has 0 spiro atoms. The summed E-state index contributed by atoms with van der Waals surface area (Å²) in [5, 5.41) is 5.77. The van der Waals surface area contributed by atoms with Gasteiger partial charge in [0.15, 0.2) is 0 Å². The van der Waals surface area contributed by atoms with Crippen molar-refractivity contribution in [2.45, 2.75) is 31.7 Å². The Morgan fingerprint density at radius 1 is 0.917 bits per heavy atom. The quantitative estimate of drug-likeness (QED) is 0.916. The normalized spacial score (nSPS) is 19.0. The molecule has 0 aromatic heterocycles. The highest BCUT2D eigenvalue weighted by Gasteiger charge is 2.24. The SMILES string of the molecule is O=C(NC1CCCC1)N1CCN(c2cccc3ccccc23)CC1. The van der Waals surface area contributed by atoms with Gasteiger partial charge in [-0.15, -0.1) is 0 Å². The van der Waals surface area contributed by atoms with E-state index in [1.165, 1.54) is 29.3 Å². The van der Waals surface area contributed by atoms with Crippen molar-refractivity contribution in [1.82, 2.24) is 10.2 Å². The highest BCUT2D eigenvalue weighted by molar-refractivity contribution is 5.94. The molecular weight excluding hydrogens is 298 g/mol. The molecule has 24 heavy (non-hydrogen) atoms. The number of anilines is 1. The molecule has 1 saturated carbocycles. The maximum atomic E-state index is 12.4. The Labute approximate surface area is 143 Å². The highest BCUT2D eigenvalue weighted by Crippen LogP contribution is 2.27. The van der Waals surface area contributed by atoms with Gasteiger partial charge in [-0.25, -0.2) is 4.79 Å². The lowest BCUT2D eigenvalue weighted by Gasteiger charge is -2.37. The predicted octanol–water partition coefficient (Wildman–Crippen LogP) is 3.61. The first-order chi connectivity index (χ1) is 11.8. The smallest absolute Gasteiger partial charge is 0.317 e. The van der Waals surface area contributed by atoms with Crippen molar-refractivity contribution < 1.29 is 4.79 Å². The number of urea groups is 1. The van der Waals surface area contributed by atoms with Gasteiger partial charge in [-0.3, -0.25) is 0 Å². The number of nitrogens with one attached hydrogen (secondary N) is 1. The zero-order valence-electron chi connectivity index (χ0n) is 14.1. The van der Waals surface area contributed by atoms with Gasteiger partial charge in [-0.1, -0.05) is 49.2 Å². The number of nitrogens with zero attached hydrogens (tertiary/aromatic N) is 2. The molecule has 1 heterocycles. The van der Waals surface area contributed by atoms with E-state index in [2.05, 4.69) is 52.7 Å². The molecule has 2 fully saturated rings. The first-order valence-electron chi connectivity index (χ1n) is 9.09. The maximum Gasteiger partial charge on any atom is 0.317 e. The number of hydrogen-bond acceptors (Lipinski definition) is 2. The number of carbonyl (C=O) groups excluding carboxylic acids is 1. The number of benzene rings is 2. The molecule has 4 heteroatoms. The van der Waals surface area contributed by atoms with Crippen LogP contribution in [-0.4, -0.2) is 43.2 Å². The fourth-order valence-electron chi connectivity index (χ4n) is 3.97. The van der Waals surface area contributed by atoms with Gasteiger partial charge >= 0.3 is 6.03 Å². The lowest BCUT2D eigenvalue weighted by molar-refractivity contribution is 0.190. The molecule has 1 aliphatic heterocycles. The molecular formula is C20H25N3O. The summed E-state index contributed by atoms with van der Waals surface area (Å²) in [4.78, 5) is 16.8. The fourth-order valence-corrected chi connectivity index (χ4v) is 3.97. The van der Waals surface area contributed by atoms with Gasteiger partial charge in [0, 0.05) is 43.3 Å². The lowest BCUT2D eigenvalue weighted by atomic mass is 10.1. The Hall–Kier alpha value is -2.23. The summed E-state index contributed by atoms with van der Waals surface area (Å²) in [6.07, 6.45) is 4.78. The Bertz CT molecular complexity index is 710. The van der Waals surface area contributed by atoms with Crippen molar-refractivity contribution in [3.63, 3.8) is 0 Å². The molecule has 0 atom stereocenters. The van der Waals surface area contributed by atoms with Crippen LogP contribution in [0.15, 0.2) is 42.5 Å². The standard InChI is InChI=1S/C20H25N3O/c24-20(21-17-8-2-3-9-17)23-14-12-22(13-15-23)19-11-5-7-16-6-1-4-10-18(16)19/h1,4-7,10-11,17H,2-3,8-9,12-15H2,(H,21,24). The van der Waals surface area contributed by atoms with Gasteiger partial charge in [0.1, 0.15) is 0 Å². The fraction of sp³-hybridized carbons (Fsp3) is 0.450. The van der Waals surface area contributed by atoms with Crippen molar-refractivity contribution in [1.29, 1.82) is 0 Å². The summed E-state index contributed by atoms with van der Waals surface area (Å²) in [6.45, 7) is 3.38. The van der Waals surface area contributed by atoms with E-state index in [1.54, 1.807) is 0 Å². The van der Waals surface area contributed by atoms with Gasteiger partial charge in [0.2, 0.25) is 0 Å². The number of carbonyl (C=O) groups is 1. The molecule has 4 nitrogen and oxygen atoms in total. The van der Waals surface area contributed by atoms with E-state index < -0.39 is 0 Å². The summed E-state index contributed by atoms with van der Waals surface area (Å²) in [6, 6.07) is 15.5. The van der Waals surface area contributed by atoms with E-state index in [1.807, 2.05) is 4.90 Å². The maximum absolute atomic E-state index is 12.4. The first kappa shape index (κ1) is 15.3. The van der Waals surface area contributed by atoms with E-state index in [-0.39, 0.29) is 6.03 Å². The van der Waals surface area contributed by atoms with Gasteiger partial charge in [-0.2, -0.15) is 0 Å². The lowest BCUT2D eigenvalue weighted by Crippen LogP contribution is -2.53. The summed E-state index contributed by atoms with van der Waals surface area (Å²) in [7, 11) is 0. The molecule has 2 amide bonds. The van der Waals surface area contributed by atoms with Crippen molar-refractivity contribution >= 4 is 22.5 Å². The molecule has 2 aliphatic rings. The van der Waals surface area contributed by atoms with Crippen molar-refractivity contribution in [3.05, 3.63) is 42.5 Å². The van der Waals surface area contributed by atoms with Crippen LogP contribution in [0.1, 0.15) is 25.7 Å². The molecule has 126 valence electrons. The molecule has 1 saturated heterocycles. The molecule has 4 rings (SSSR count). The Balaban J connectivity index is 1.41. The van der Waals surface area contributed by atoms with Crippen LogP contribution < -0.4 is 10.2 Å². The van der Waals surface area contributed by atoms with Crippen LogP contribution in [0.2, 0.25) is 0 Å². The second kappa shape index (κ2) is 6.71. The molecule has 2 aromatic carbocycles. The number of amides is 2. The minimum atomic E-state index is 0.125. The monoisotopic (exact) mass is 323 g/mol. The average Bonchev–Trinajstić information content (AvgIpc) is 3.14. The molecule has 0 bridgehead atoms. The number of piperazine rings is 1. The highest BCUT2D eigenvalue weighted by atomic mass is 16.2. The van der Waals surface area contributed by atoms with Gasteiger partial charge in [0.25, 0.3) is 0 Å². The van der Waals surface area contributed by atoms with Crippen LogP contribution in [0, 0.1) is 0 Å². The van der Waals surface area contributed by atoms with Crippen LogP contribution in [0.3, 0.4) is 0 Å². The average molecular weight is 323 g/mol. The summed E-state index contributed by atoms with van der Waals surface area (Å²) < 4.78 is 0. The molecule has 1 N–H and O–H groups in total. The van der Waals surface area contributed by atoms with Crippen molar-refractivity contribution in [3.8, 4) is 0 Å². The number of fused-ring (bicyclic) bond motifs is 1. The summed E-state index contributed by atoms with van der Waals surface area (Å²) >= 11 is 0. The van der Waals surface area contributed by atoms with Gasteiger partial charge < -0.3 is 15.1 Å². The zero-order chi connectivity index (χ0) is 16.4. The van der Waals surface area contributed by atoms with Crippen LogP contribution >= 0.6 is 0 Å². The second-order valence-corrected chi connectivity index (χ2v) is 6.90. The van der Waals surface area contributed by atoms with Crippen LogP contribution in [0.4, 0.5) is 10.5 Å². The third-order valence-corrected chi connectivity index (χ3v) is 5.36. The topological polar surface area (TPSA) is 35.6 Å². The van der Waals surface area contributed by atoms with Crippen LogP contribution in [0.5, 0.6) is 0 Å². The summed E-state index contributed by atoms with van der Waals surface area (Å²) in [5.41, 5.74) is 1.28. The molecule has 2 aromatic rings. The van der Waals surface area contributed by atoms with E-state index in [4.69, 9.17) is 0 Å². The second-order valence-electron chi connectivity index (χ2n) is 6.90. The minimum Gasteiger partial charge on any atom is -0.367 e. The van der Waals surface area contributed by atoms with Crippen molar-refractivity contribution in [2.24, 2.45) is 0 Å². The van der Waals surface area contributed by atoms with Gasteiger partial charge in [-0.05, 0) is 24.3 Å². The molecule has 1 aliphatic carbocycles. The first-order valence-corrected chi connectivity index (χ1v) is 9.09. The Kier molecular flexibility index (Phi) is 4.28. The zero-order valence-corrected chi connectivity index (χ0v) is 14.1. The van der Waals surface area contributed by atoms with E-state index in [9.17, 15) is 4.79 Å². The van der Waals surface area contributed by atoms with Crippen LogP contribution in [0.25, 0.3) is 10.8 Å². The third kappa shape index (κ3) is 3.05. The molecule has 0 radical (unpaired) electrons.